The first kappa shape index (κ1) is 10.2. The molecule has 0 atom stereocenters. The van der Waals surface area contributed by atoms with Crippen molar-refractivity contribution in [2.45, 2.75) is 6.92 Å². The predicted octanol–water partition coefficient (Wildman–Crippen LogP) is 2.90. The normalized spacial score (nSPS) is 10.1. The Labute approximate surface area is 82.7 Å². The lowest BCUT2D eigenvalue weighted by Gasteiger charge is -2.00. The van der Waals surface area contributed by atoms with Gasteiger partial charge in [-0.1, -0.05) is 23.3 Å². The molecule has 0 fully saturated rings. The molecule has 72 valence electrons. The fraction of sp³-hybridized carbons (Fsp3) is 0.200. The zero-order valence-electron chi connectivity index (χ0n) is 8.01. The lowest BCUT2D eigenvalue weighted by molar-refractivity contribution is 1.22. The molecule has 4 heteroatoms. The van der Waals surface area contributed by atoms with Gasteiger partial charge < -0.3 is 5.73 Å². The lowest BCUT2D eigenvalue weighted by Crippen LogP contribution is -1.87. The van der Waals surface area contributed by atoms with Crippen LogP contribution in [0.5, 0.6) is 0 Å². The minimum absolute atomic E-state index is 0.375. The second kappa shape index (κ2) is 4.94. The van der Waals surface area contributed by atoms with Crippen LogP contribution in [0.25, 0.3) is 16.5 Å². The van der Waals surface area contributed by atoms with E-state index in [2.05, 4.69) is 10.0 Å². The van der Waals surface area contributed by atoms with E-state index in [4.69, 9.17) is 11.3 Å². The number of nitrogen functional groups attached to an aromatic ring is 1. The van der Waals surface area contributed by atoms with Crippen LogP contribution in [0, 0.1) is 6.92 Å². The van der Waals surface area contributed by atoms with E-state index in [-0.39, 0.29) is 0 Å². The van der Waals surface area contributed by atoms with Crippen LogP contribution in [0.2, 0.25) is 0 Å². The Morgan fingerprint density at radius 2 is 2.36 bits per heavy atom. The number of anilines is 1. The maximum Gasteiger partial charge on any atom is 0.0443 e. The third kappa shape index (κ3) is 2.84. The third-order valence-corrected chi connectivity index (χ3v) is 1.84. The molecule has 0 aliphatic heterocycles. The molecule has 0 bridgehead atoms. The van der Waals surface area contributed by atoms with Gasteiger partial charge in [-0.25, -0.2) is 0 Å². The first-order chi connectivity index (χ1) is 6.74. The number of nitrogens with two attached hydrogens (primary N) is 1. The van der Waals surface area contributed by atoms with E-state index in [1.54, 1.807) is 0 Å². The molecule has 0 aliphatic carbocycles. The summed E-state index contributed by atoms with van der Waals surface area (Å²) < 4.78 is 0. The number of benzene rings is 1. The van der Waals surface area contributed by atoms with E-state index in [0.29, 0.717) is 6.54 Å². The summed E-state index contributed by atoms with van der Waals surface area (Å²) in [5.41, 5.74) is 16.6. The second-order valence-electron chi connectivity index (χ2n) is 2.93. The Bertz CT molecular complexity index is 389. The van der Waals surface area contributed by atoms with Crippen LogP contribution in [0.4, 0.5) is 5.69 Å². The highest BCUT2D eigenvalue weighted by Crippen LogP contribution is 2.13. The molecule has 0 aromatic heterocycles. The molecule has 1 aromatic carbocycles. The third-order valence-electron chi connectivity index (χ3n) is 1.84. The first-order valence-electron chi connectivity index (χ1n) is 4.27. The van der Waals surface area contributed by atoms with Crippen LogP contribution < -0.4 is 5.73 Å². The summed E-state index contributed by atoms with van der Waals surface area (Å²) in [6, 6.07) is 5.70. The standard InChI is InChI=1S/C10H12N4/c1-8-7-10(11)5-4-9(8)3-2-6-13-14-12/h2-5,7H,6,11H2,1H3. The molecule has 0 saturated carbocycles. The highest BCUT2D eigenvalue weighted by molar-refractivity contribution is 5.58. The van der Waals surface area contributed by atoms with Gasteiger partial charge in [-0.3, -0.25) is 0 Å². The molecule has 0 saturated heterocycles. The van der Waals surface area contributed by atoms with Crippen LogP contribution in [-0.2, 0) is 0 Å². The van der Waals surface area contributed by atoms with Crippen molar-refractivity contribution in [3.05, 3.63) is 45.8 Å². The Balaban J connectivity index is 2.76. The van der Waals surface area contributed by atoms with E-state index in [1.807, 2.05) is 37.3 Å². The van der Waals surface area contributed by atoms with Gasteiger partial charge in [0.2, 0.25) is 0 Å². The van der Waals surface area contributed by atoms with Gasteiger partial charge in [0.1, 0.15) is 0 Å². The molecule has 0 heterocycles. The van der Waals surface area contributed by atoms with Crippen molar-refractivity contribution < 1.29 is 0 Å². The van der Waals surface area contributed by atoms with Gasteiger partial charge in [0.15, 0.2) is 0 Å². The van der Waals surface area contributed by atoms with Crippen molar-refractivity contribution in [1.82, 2.24) is 0 Å². The van der Waals surface area contributed by atoms with Crippen molar-refractivity contribution >= 4 is 11.8 Å². The van der Waals surface area contributed by atoms with Crippen molar-refractivity contribution in [3.63, 3.8) is 0 Å². The maximum atomic E-state index is 8.06. The molecule has 1 rings (SSSR count). The monoisotopic (exact) mass is 188 g/mol. The van der Waals surface area contributed by atoms with Gasteiger partial charge >= 0.3 is 0 Å². The SMILES string of the molecule is Cc1cc(N)ccc1C=CCN=[N+]=[N-]. The molecular formula is C10H12N4. The Morgan fingerprint density at radius 1 is 1.57 bits per heavy atom. The molecule has 2 N–H and O–H groups in total. The van der Waals surface area contributed by atoms with Crippen LogP contribution in [-0.4, -0.2) is 6.54 Å². The maximum absolute atomic E-state index is 8.06. The van der Waals surface area contributed by atoms with Crippen molar-refractivity contribution in [3.8, 4) is 0 Å². The first-order valence-corrected chi connectivity index (χ1v) is 4.27. The van der Waals surface area contributed by atoms with E-state index < -0.39 is 0 Å². The molecule has 0 spiro atoms. The van der Waals surface area contributed by atoms with Crippen molar-refractivity contribution in [2.24, 2.45) is 5.11 Å². The average molecular weight is 188 g/mol. The number of hydrogen-bond acceptors (Lipinski definition) is 2. The van der Waals surface area contributed by atoms with Gasteiger partial charge in [-0.2, -0.15) is 0 Å². The number of rotatable bonds is 3. The zero-order chi connectivity index (χ0) is 10.4. The van der Waals surface area contributed by atoms with E-state index in [1.165, 1.54) is 0 Å². The van der Waals surface area contributed by atoms with Crippen LogP contribution in [0.15, 0.2) is 29.4 Å². The minimum Gasteiger partial charge on any atom is -0.399 e. The number of hydrogen-bond donors (Lipinski definition) is 1. The Kier molecular flexibility index (Phi) is 3.58. The summed E-state index contributed by atoms with van der Waals surface area (Å²) in [5.74, 6) is 0. The highest BCUT2D eigenvalue weighted by Gasteiger charge is 1.93. The number of nitrogens with zero attached hydrogens (tertiary/aromatic N) is 3. The fourth-order valence-electron chi connectivity index (χ4n) is 1.15. The fourth-order valence-corrected chi connectivity index (χ4v) is 1.15. The number of azide groups is 1. The second-order valence-corrected chi connectivity index (χ2v) is 2.93. The highest BCUT2D eigenvalue weighted by atomic mass is 15.1. The summed E-state index contributed by atoms with van der Waals surface area (Å²) in [5, 5.41) is 3.40. The molecule has 0 aliphatic rings. The summed E-state index contributed by atoms with van der Waals surface area (Å²) in [6.45, 7) is 2.36. The van der Waals surface area contributed by atoms with E-state index >= 15 is 0 Å². The average Bonchev–Trinajstić information content (AvgIpc) is 2.15. The smallest absolute Gasteiger partial charge is 0.0443 e. The lowest BCUT2D eigenvalue weighted by atomic mass is 10.1. The van der Waals surface area contributed by atoms with Crippen molar-refractivity contribution in [1.29, 1.82) is 0 Å². The van der Waals surface area contributed by atoms with Crippen LogP contribution >= 0.6 is 0 Å². The summed E-state index contributed by atoms with van der Waals surface area (Å²) in [4.78, 5) is 2.66. The van der Waals surface area contributed by atoms with Gasteiger partial charge in [0.05, 0.1) is 0 Å². The van der Waals surface area contributed by atoms with Gasteiger partial charge in [0.25, 0.3) is 0 Å². The Morgan fingerprint density at radius 3 is 3.00 bits per heavy atom. The summed E-state index contributed by atoms with van der Waals surface area (Å²) >= 11 is 0. The molecular weight excluding hydrogens is 176 g/mol. The number of aryl methyl sites for hydroxylation is 1. The largest absolute Gasteiger partial charge is 0.399 e. The molecule has 4 nitrogen and oxygen atoms in total. The quantitative estimate of drug-likeness (QED) is 0.336. The van der Waals surface area contributed by atoms with Gasteiger partial charge in [-0.05, 0) is 35.7 Å². The van der Waals surface area contributed by atoms with Crippen molar-refractivity contribution in [2.75, 3.05) is 12.3 Å². The Hall–Kier alpha value is -1.93. The van der Waals surface area contributed by atoms with Crippen LogP contribution in [0.3, 0.4) is 0 Å². The minimum atomic E-state index is 0.375. The van der Waals surface area contributed by atoms with Gasteiger partial charge in [-0.15, -0.1) is 0 Å². The summed E-state index contributed by atoms with van der Waals surface area (Å²) in [6.07, 6.45) is 3.74. The van der Waals surface area contributed by atoms with E-state index in [9.17, 15) is 0 Å². The predicted molar refractivity (Wildman–Crippen MR) is 58.6 cm³/mol. The molecule has 0 radical (unpaired) electrons. The topological polar surface area (TPSA) is 74.8 Å². The molecule has 14 heavy (non-hydrogen) atoms. The van der Waals surface area contributed by atoms with E-state index in [0.717, 1.165) is 16.8 Å². The molecule has 1 aromatic rings. The molecule has 0 unspecified atom stereocenters. The molecule has 0 amide bonds. The van der Waals surface area contributed by atoms with Crippen LogP contribution in [0.1, 0.15) is 11.1 Å². The summed E-state index contributed by atoms with van der Waals surface area (Å²) in [7, 11) is 0. The zero-order valence-corrected chi connectivity index (χ0v) is 8.01. The van der Waals surface area contributed by atoms with Gasteiger partial charge in [0, 0.05) is 17.1 Å².